The fourth-order valence-corrected chi connectivity index (χ4v) is 2.73. The number of hydrogen-bond acceptors (Lipinski definition) is 2. The summed E-state index contributed by atoms with van der Waals surface area (Å²) in [5, 5.41) is 3.27. The summed E-state index contributed by atoms with van der Waals surface area (Å²) >= 11 is 6.09. The molecule has 0 heterocycles. The number of amides is 1. The summed E-state index contributed by atoms with van der Waals surface area (Å²) in [7, 11) is 0. The van der Waals surface area contributed by atoms with Gasteiger partial charge in [0.05, 0.1) is 5.33 Å². The quantitative estimate of drug-likeness (QED) is 0.225. The first kappa shape index (κ1) is 21.1. The van der Waals surface area contributed by atoms with E-state index in [-0.39, 0.29) is 10.6 Å². The summed E-state index contributed by atoms with van der Waals surface area (Å²) in [6.45, 7) is 0.807. The Bertz CT molecular complexity index is 273. The molecule has 0 spiro atoms. The Kier molecular flexibility index (Phi) is 16.5. The number of hydrogen-bond donors (Lipinski definition) is 1. The molecule has 0 atom stereocenters. The van der Waals surface area contributed by atoms with Gasteiger partial charge in [0.2, 0.25) is 5.91 Å². The second-order valence-corrected chi connectivity index (χ2v) is 6.92. The normalized spacial score (nSPS) is 10.6. The van der Waals surface area contributed by atoms with E-state index in [1.165, 1.54) is 57.8 Å². The van der Waals surface area contributed by atoms with Crippen molar-refractivity contribution in [1.82, 2.24) is 5.32 Å². The molecule has 21 heavy (non-hydrogen) atoms. The molecule has 0 aliphatic rings. The van der Waals surface area contributed by atoms with Crippen LogP contribution in [-0.4, -0.2) is 22.5 Å². The summed E-state index contributed by atoms with van der Waals surface area (Å²) in [6.07, 6.45) is 14.3. The molecule has 0 rings (SSSR count). The lowest BCUT2D eigenvalue weighted by Crippen LogP contribution is -2.25. The summed E-state index contributed by atoms with van der Waals surface area (Å²) in [4.78, 5) is 21.7. The third kappa shape index (κ3) is 18.1. The van der Waals surface area contributed by atoms with E-state index >= 15 is 0 Å². The van der Waals surface area contributed by atoms with Gasteiger partial charge >= 0.3 is 0 Å². The Morgan fingerprint density at radius 1 is 0.714 bits per heavy atom. The van der Waals surface area contributed by atoms with Crippen molar-refractivity contribution in [2.75, 3.05) is 11.9 Å². The van der Waals surface area contributed by atoms with E-state index in [0.29, 0.717) is 11.8 Å². The van der Waals surface area contributed by atoms with Crippen LogP contribution in [0, 0.1) is 0 Å². The van der Waals surface area contributed by atoms with Gasteiger partial charge in [-0.05, 0) is 28.8 Å². The molecule has 1 N–H and O–H groups in total. The van der Waals surface area contributed by atoms with Crippen molar-refractivity contribution in [3.63, 3.8) is 0 Å². The monoisotopic (exact) mass is 425 g/mol. The second kappa shape index (κ2) is 16.5. The topological polar surface area (TPSA) is 46.2 Å². The number of alkyl halides is 1. The fraction of sp³-hybridized carbons (Fsp3) is 0.875. The summed E-state index contributed by atoms with van der Waals surface area (Å²) in [6, 6.07) is 0. The molecule has 124 valence electrons. The molecule has 0 fully saturated rings. The average molecular weight is 427 g/mol. The van der Waals surface area contributed by atoms with Crippen LogP contribution in [0.15, 0.2) is 0 Å². The number of rotatable bonds is 15. The molecule has 0 saturated heterocycles. The summed E-state index contributed by atoms with van der Waals surface area (Å²) in [5.74, 6) is 0.0792. The molecule has 0 aromatic rings. The molecule has 0 aliphatic carbocycles. The maximum atomic E-state index is 11.0. The van der Waals surface area contributed by atoms with Gasteiger partial charge < -0.3 is 5.32 Å². The van der Waals surface area contributed by atoms with E-state index in [1.807, 2.05) is 0 Å². The van der Waals surface area contributed by atoms with Crippen LogP contribution >= 0.6 is 31.9 Å². The van der Waals surface area contributed by atoms with Crippen molar-refractivity contribution in [3.8, 4) is 0 Å². The number of carbonyl (C=O) groups excluding carboxylic acids is 2. The van der Waals surface area contributed by atoms with Crippen molar-refractivity contribution < 1.29 is 9.59 Å². The third-order valence-electron chi connectivity index (χ3n) is 3.49. The molecule has 0 unspecified atom stereocenters. The van der Waals surface area contributed by atoms with Gasteiger partial charge in [-0.15, -0.1) is 0 Å². The third-order valence-corrected chi connectivity index (χ3v) is 4.40. The Morgan fingerprint density at radius 2 is 1.14 bits per heavy atom. The highest BCUT2D eigenvalue weighted by Gasteiger charge is 1.97. The van der Waals surface area contributed by atoms with Crippen LogP contribution in [0.4, 0.5) is 0 Å². The minimum atomic E-state index is 0.0792. The van der Waals surface area contributed by atoms with Crippen molar-refractivity contribution in [3.05, 3.63) is 0 Å². The molecule has 0 saturated carbocycles. The van der Waals surface area contributed by atoms with Crippen LogP contribution in [0.25, 0.3) is 0 Å². The largest absolute Gasteiger partial charge is 0.355 e. The van der Waals surface area contributed by atoms with Crippen LogP contribution < -0.4 is 5.32 Å². The van der Waals surface area contributed by atoms with Gasteiger partial charge in [-0.25, -0.2) is 0 Å². The highest BCUT2D eigenvalue weighted by molar-refractivity contribution is 9.18. The molecule has 3 nitrogen and oxygen atoms in total. The van der Waals surface area contributed by atoms with Gasteiger partial charge in [0.15, 0.2) is 4.69 Å². The number of unbranched alkanes of at least 4 members (excludes halogenated alkanes) is 10. The van der Waals surface area contributed by atoms with E-state index in [4.69, 9.17) is 0 Å². The van der Waals surface area contributed by atoms with Gasteiger partial charge in [0, 0.05) is 13.0 Å². The molecule has 0 aromatic heterocycles. The second-order valence-electron chi connectivity index (χ2n) is 5.48. The predicted molar refractivity (Wildman–Crippen MR) is 96.1 cm³/mol. The zero-order valence-corrected chi connectivity index (χ0v) is 16.1. The molecular formula is C16H29Br2NO2. The lowest BCUT2D eigenvalue weighted by Gasteiger charge is -2.04. The van der Waals surface area contributed by atoms with Crippen molar-refractivity contribution in [2.24, 2.45) is 0 Å². The maximum absolute atomic E-state index is 11.0. The van der Waals surface area contributed by atoms with E-state index in [1.54, 1.807) is 0 Å². The lowest BCUT2D eigenvalue weighted by molar-refractivity contribution is -0.118. The van der Waals surface area contributed by atoms with E-state index in [9.17, 15) is 9.59 Å². The SMILES string of the molecule is O=C(Br)CCCCCCCCCCCCCNC(=O)CBr. The van der Waals surface area contributed by atoms with Crippen LogP contribution in [0.1, 0.15) is 77.0 Å². The van der Waals surface area contributed by atoms with Gasteiger partial charge in [-0.2, -0.15) is 0 Å². The maximum Gasteiger partial charge on any atom is 0.230 e. The molecule has 0 aromatic carbocycles. The van der Waals surface area contributed by atoms with Crippen LogP contribution in [0.5, 0.6) is 0 Å². The van der Waals surface area contributed by atoms with Crippen LogP contribution in [0.3, 0.4) is 0 Å². The molecule has 5 heteroatoms. The minimum absolute atomic E-state index is 0.0792. The highest BCUT2D eigenvalue weighted by atomic mass is 79.9. The molecule has 0 bridgehead atoms. The fourth-order valence-electron chi connectivity index (χ4n) is 2.26. The molecular weight excluding hydrogens is 398 g/mol. The van der Waals surface area contributed by atoms with Gasteiger partial charge in [0.1, 0.15) is 0 Å². The Morgan fingerprint density at radius 3 is 1.57 bits per heavy atom. The van der Waals surface area contributed by atoms with Crippen molar-refractivity contribution in [1.29, 1.82) is 0 Å². The Hall–Kier alpha value is 0.1000. The number of nitrogens with one attached hydrogen (secondary N) is 1. The first-order chi connectivity index (χ1) is 10.2. The van der Waals surface area contributed by atoms with Gasteiger partial charge in [0.25, 0.3) is 0 Å². The van der Waals surface area contributed by atoms with Crippen molar-refractivity contribution in [2.45, 2.75) is 77.0 Å². The molecule has 1 amide bonds. The van der Waals surface area contributed by atoms with Crippen molar-refractivity contribution >= 4 is 42.5 Å². The van der Waals surface area contributed by atoms with E-state index in [2.05, 4.69) is 37.2 Å². The number of halogens is 2. The Labute approximate surface area is 146 Å². The standard InChI is InChI=1S/C16H29Br2NO2/c17-14-16(21)19-13-11-9-7-5-3-1-2-4-6-8-10-12-15(18)20/h1-14H2,(H,19,21). The molecule has 0 aliphatic heterocycles. The zero-order valence-electron chi connectivity index (χ0n) is 13.0. The van der Waals surface area contributed by atoms with Gasteiger partial charge in [-0.1, -0.05) is 73.7 Å². The first-order valence-corrected chi connectivity index (χ1v) is 10.1. The molecule has 0 radical (unpaired) electrons. The average Bonchev–Trinajstić information content (AvgIpc) is 2.46. The first-order valence-electron chi connectivity index (χ1n) is 8.18. The highest BCUT2D eigenvalue weighted by Crippen LogP contribution is 2.12. The van der Waals surface area contributed by atoms with E-state index in [0.717, 1.165) is 19.4 Å². The predicted octanol–water partition coefficient (Wildman–Crippen LogP) is 5.10. The number of carbonyl (C=O) groups is 2. The summed E-state index contributed by atoms with van der Waals surface area (Å²) in [5.41, 5.74) is 0. The van der Waals surface area contributed by atoms with E-state index < -0.39 is 0 Å². The van der Waals surface area contributed by atoms with Crippen LogP contribution in [-0.2, 0) is 9.59 Å². The lowest BCUT2D eigenvalue weighted by atomic mass is 10.1. The zero-order chi connectivity index (χ0) is 15.8. The van der Waals surface area contributed by atoms with Gasteiger partial charge in [-0.3, -0.25) is 9.59 Å². The van der Waals surface area contributed by atoms with Crippen LogP contribution in [0.2, 0.25) is 0 Å². The smallest absolute Gasteiger partial charge is 0.230 e. The minimum Gasteiger partial charge on any atom is -0.355 e. The summed E-state index contributed by atoms with van der Waals surface area (Å²) < 4.78 is 0.134. The Balaban J connectivity index is 3.02.